The van der Waals surface area contributed by atoms with Gasteiger partial charge in [0.25, 0.3) is 0 Å². The van der Waals surface area contributed by atoms with Crippen LogP contribution in [0.1, 0.15) is 277 Å². The Balaban J connectivity index is 3.62. The van der Waals surface area contributed by atoms with Crippen LogP contribution in [0.4, 0.5) is 0 Å². The van der Waals surface area contributed by atoms with Gasteiger partial charge in [-0.25, -0.2) is 0 Å². The van der Waals surface area contributed by atoms with Crippen LogP contribution in [0.3, 0.4) is 0 Å². The van der Waals surface area contributed by atoms with E-state index >= 15 is 0 Å². The second kappa shape index (κ2) is 47.8. The van der Waals surface area contributed by atoms with Gasteiger partial charge in [0.15, 0.2) is 0 Å². The molecule has 0 saturated carbocycles. The number of amides is 1. The van der Waals surface area contributed by atoms with Gasteiger partial charge in [0.2, 0.25) is 5.91 Å². The highest BCUT2D eigenvalue weighted by Gasteiger charge is 2.28. The summed E-state index contributed by atoms with van der Waals surface area (Å²) < 4.78 is 0. The van der Waals surface area contributed by atoms with E-state index in [2.05, 4.69) is 43.5 Å². The molecule has 0 bridgehead atoms. The number of hydrogen-bond donors (Lipinski definition) is 5. The number of carbonyl (C=O) groups excluding carboxylic acids is 1. The minimum atomic E-state index is -1.26. The molecule has 0 aromatic carbocycles. The molecular weight excluding hydrogens is 731 g/mol. The zero-order valence-corrected chi connectivity index (χ0v) is 39.5. The summed E-state index contributed by atoms with van der Waals surface area (Å²) >= 11 is 0. The molecule has 0 rings (SSSR count). The minimum absolute atomic E-state index is 0.358. The van der Waals surface area contributed by atoms with Crippen LogP contribution in [0.15, 0.2) is 24.3 Å². The molecule has 0 aromatic heterocycles. The van der Waals surface area contributed by atoms with E-state index in [0.717, 1.165) is 57.8 Å². The van der Waals surface area contributed by atoms with Crippen molar-refractivity contribution in [2.75, 3.05) is 6.61 Å². The van der Waals surface area contributed by atoms with Gasteiger partial charge in [-0.05, 0) is 44.9 Å². The zero-order valence-electron chi connectivity index (χ0n) is 39.5. The second-order valence-electron chi connectivity index (χ2n) is 18.2. The summed E-state index contributed by atoms with van der Waals surface area (Å²) in [5.41, 5.74) is 0. The Morgan fingerprint density at radius 1 is 0.424 bits per heavy atom. The molecule has 4 unspecified atom stereocenters. The lowest BCUT2D eigenvalue weighted by Gasteiger charge is -2.27. The first-order valence-electron chi connectivity index (χ1n) is 26.2. The van der Waals surface area contributed by atoms with Gasteiger partial charge in [-0.1, -0.05) is 256 Å². The van der Waals surface area contributed by atoms with Crippen molar-refractivity contribution in [3.63, 3.8) is 0 Å². The summed E-state index contributed by atoms with van der Waals surface area (Å²) in [6.45, 7) is 4.04. The SMILES string of the molecule is CCCCC/C=C\C/C=C\CCCCCCCCC(O)C(=O)NC(CO)C(O)C(O)CCCCCCCCCCCCCCCCCCCCCCCCCCCCC. The highest BCUT2D eigenvalue weighted by molar-refractivity contribution is 5.80. The fraction of sp³-hybridized carbons (Fsp3) is 0.906. The number of carbonyl (C=O) groups is 1. The molecule has 4 atom stereocenters. The third-order valence-electron chi connectivity index (χ3n) is 12.4. The van der Waals surface area contributed by atoms with Crippen molar-refractivity contribution in [2.45, 2.75) is 301 Å². The number of nitrogens with one attached hydrogen (secondary N) is 1. The van der Waals surface area contributed by atoms with Crippen LogP contribution in [-0.4, -0.2) is 57.3 Å². The van der Waals surface area contributed by atoms with Crippen molar-refractivity contribution in [3.8, 4) is 0 Å². The predicted octanol–water partition coefficient (Wildman–Crippen LogP) is 14.7. The van der Waals surface area contributed by atoms with E-state index in [4.69, 9.17) is 0 Å². The summed E-state index contributed by atoms with van der Waals surface area (Å²) in [5, 5.41) is 43.9. The van der Waals surface area contributed by atoms with Crippen LogP contribution < -0.4 is 5.32 Å². The molecule has 0 aliphatic rings. The zero-order chi connectivity index (χ0) is 43.1. The molecule has 350 valence electrons. The van der Waals surface area contributed by atoms with Gasteiger partial charge in [-0.15, -0.1) is 0 Å². The lowest BCUT2D eigenvalue weighted by Crippen LogP contribution is -2.53. The van der Waals surface area contributed by atoms with Gasteiger partial charge in [-0.3, -0.25) is 4.79 Å². The van der Waals surface area contributed by atoms with Crippen molar-refractivity contribution in [1.82, 2.24) is 5.32 Å². The standard InChI is InChI=1S/C53H103NO5/c1-3-5-7-9-11-13-15-17-19-21-22-23-24-25-26-27-28-29-30-31-33-34-36-38-40-42-44-46-50(56)52(58)49(48-55)54-53(59)51(57)47-45-43-41-39-37-35-32-20-18-16-14-12-10-8-6-4-2/h12,14,18,20,49-52,55-58H,3-11,13,15-17,19,21-48H2,1-2H3,(H,54,59)/b14-12-,20-18-. The molecule has 0 spiro atoms. The van der Waals surface area contributed by atoms with Gasteiger partial charge in [0.05, 0.1) is 18.8 Å². The predicted molar refractivity (Wildman–Crippen MR) is 256 cm³/mol. The maximum absolute atomic E-state index is 12.5. The highest BCUT2D eigenvalue weighted by Crippen LogP contribution is 2.18. The van der Waals surface area contributed by atoms with E-state index in [1.165, 1.54) is 193 Å². The average molecular weight is 834 g/mol. The lowest BCUT2D eigenvalue weighted by molar-refractivity contribution is -0.132. The van der Waals surface area contributed by atoms with E-state index in [0.29, 0.717) is 12.8 Å². The molecule has 6 heteroatoms. The Bertz CT molecular complexity index is 893. The van der Waals surface area contributed by atoms with Gasteiger partial charge in [0, 0.05) is 0 Å². The van der Waals surface area contributed by atoms with Crippen LogP contribution in [0, 0.1) is 0 Å². The Morgan fingerprint density at radius 2 is 0.729 bits per heavy atom. The quantitative estimate of drug-likeness (QED) is 0.0310. The summed E-state index contributed by atoms with van der Waals surface area (Å²) in [4.78, 5) is 12.5. The maximum Gasteiger partial charge on any atom is 0.249 e. The fourth-order valence-electron chi connectivity index (χ4n) is 8.26. The van der Waals surface area contributed by atoms with Crippen LogP contribution in [0.2, 0.25) is 0 Å². The molecule has 0 heterocycles. The molecule has 0 aliphatic carbocycles. The molecule has 0 radical (unpaired) electrons. The first-order chi connectivity index (χ1) is 29.0. The number of rotatable bonds is 48. The third kappa shape index (κ3) is 41.9. The normalized spacial score (nSPS) is 14.1. The number of hydrogen-bond acceptors (Lipinski definition) is 5. The fourth-order valence-corrected chi connectivity index (χ4v) is 8.26. The molecule has 0 fully saturated rings. The van der Waals surface area contributed by atoms with Gasteiger partial charge >= 0.3 is 0 Å². The van der Waals surface area contributed by atoms with Crippen molar-refractivity contribution < 1.29 is 25.2 Å². The second-order valence-corrected chi connectivity index (χ2v) is 18.2. The topological polar surface area (TPSA) is 110 Å². The molecule has 0 aromatic rings. The van der Waals surface area contributed by atoms with Gasteiger partial charge < -0.3 is 25.7 Å². The minimum Gasteiger partial charge on any atom is -0.394 e. The van der Waals surface area contributed by atoms with Gasteiger partial charge in [-0.2, -0.15) is 0 Å². The largest absolute Gasteiger partial charge is 0.394 e. The molecule has 59 heavy (non-hydrogen) atoms. The smallest absolute Gasteiger partial charge is 0.249 e. The van der Waals surface area contributed by atoms with Crippen LogP contribution >= 0.6 is 0 Å². The monoisotopic (exact) mass is 834 g/mol. The highest BCUT2D eigenvalue weighted by atomic mass is 16.3. The van der Waals surface area contributed by atoms with Crippen molar-refractivity contribution in [2.24, 2.45) is 0 Å². The molecule has 1 amide bonds. The van der Waals surface area contributed by atoms with E-state index in [9.17, 15) is 25.2 Å². The summed E-state index contributed by atoms with van der Waals surface area (Å²) in [6, 6.07) is -0.989. The Morgan fingerprint density at radius 3 is 1.10 bits per heavy atom. The average Bonchev–Trinajstić information content (AvgIpc) is 3.24. The van der Waals surface area contributed by atoms with Crippen LogP contribution in [0.25, 0.3) is 0 Å². The van der Waals surface area contributed by atoms with E-state index in [-0.39, 0.29) is 0 Å². The molecule has 0 aliphatic heterocycles. The molecule has 5 N–H and O–H groups in total. The summed E-state index contributed by atoms with van der Waals surface area (Å²) in [5.74, 6) is -0.590. The summed E-state index contributed by atoms with van der Waals surface area (Å²) in [7, 11) is 0. The number of allylic oxidation sites excluding steroid dienone is 4. The molecular formula is C53H103NO5. The van der Waals surface area contributed by atoms with Crippen molar-refractivity contribution in [1.29, 1.82) is 0 Å². The van der Waals surface area contributed by atoms with Crippen molar-refractivity contribution in [3.05, 3.63) is 24.3 Å². The van der Waals surface area contributed by atoms with E-state index in [1.807, 2.05) is 0 Å². The number of unbranched alkanes of at least 4 members (excludes halogenated alkanes) is 35. The summed E-state index contributed by atoms with van der Waals surface area (Å²) in [6.07, 6.45) is 56.6. The van der Waals surface area contributed by atoms with E-state index in [1.54, 1.807) is 0 Å². The third-order valence-corrected chi connectivity index (χ3v) is 12.4. The first kappa shape index (κ1) is 57.8. The number of aliphatic hydroxyl groups is 4. The van der Waals surface area contributed by atoms with Crippen LogP contribution in [-0.2, 0) is 4.79 Å². The van der Waals surface area contributed by atoms with Gasteiger partial charge in [0.1, 0.15) is 12.2 Å². The Kier molecular flexibility index (Phi) is 46.9. The first-order valence-corrected chi connectivity index (χ1v) is 26.2. The Labute approximate surface area is 367 Å². The van der Waals surface area contributed by atoms with Crippen molar-refractivity contribution >= 4 is 5.91 Å². The van der Waals surface area contributed by atoms with Crippen LogP contribution in [0.5, 0.6) is 0 Å². The maximum atomic E-state index is 12.5. The molecule has 0 saturated heterocycles. The Hall–Kier alpha value is -1.21. The molecule has 6 nitrogen and oxygen atoms in total. The van der Waals surface area contributed by atoms with E-state index < -0.39 is 36.9 Å². The number of aliphatic hydroxyl groups excluding tert-OH is 4. The lowest BCUT2D eigenvalue weighted by atomic mass is 9.99.